The van der Waals surface area contributed by atoms with E-state index in [4.69, 9.17) is 9.52 Å². The van der Waals surface area contributed by atoms with E-state index in [0.717, 1.165) is 16.6 Å². The number of benzene rings is 2. The van der Waals surface area contributed by atoms with Crippen molar-refractivity contribution in [2.24, 2.45) is 0 Å². The van der Waals surface area contributed by atoms with Crippen molar-refractivity contribution in [2.45, 2.75) is 33.1 Å². The summed E-state index contributed by atoms with van der Waals surface area (Å²) < 4.78 is 5.81. The van der Waals surface area contributed by atoms with Crippen LogP contribution in [0.3, 0.4) is 0 Å². The lowest BCUT2D eigenvalue weighted by atomic mass is 10.0. The molecule has 3 rings (SSSR count). The van der Waals surface area contributed by atoms with Crippen molar-refractivity contribution >= 4 is 17.1 Å². The molecule has 1 atom stereocenters. The Kier molecular flexibility index (Phi) is 3.90. The minimum Gasteiger partial charge on any atom is -0.481 e. The van der Waals surface area contributed by atoms with Gasteiger partial charge in [0.15, 0.2) is 11.5 Å². The van der Waals surface area contributed by atoms with E-state index in [0.29, 0.717) is 17.9 Å². The molecule has 0 radical (unpaired) electrons. The van der Waals surface area contributed by atoms with Gasteiger partial charge >= 0.3 is 5.97 Å². The fourth-order valence-electron chi connectivity index (χ4n) is 2.56. The van der Waals surface area contributed by atoms with Gasteiger partial charge in [-0.15, -0.1) is 0 Å². The van der Waals surface area contributed by atoms with Crippen LogP contribution in [-0.2, 0) is 11.2 Å². The topological polar surface area (TPSA) is 63.3 Å². The number of carboxylic acid groups (broad SMARTS) is 1. The molecule has 1 heterocycles. The molecule has 1 aromatic heterocycles. The van der Waals surface area contributed by atoms with Crippen LogP contribution in [0.5, 0.6) is 0 Å². The molecule has 0 spiro atoms. The summed E-state index contributed by atoms with van der Waals surface area (Å²) in [5.74, 6) is -0.768. The number of carboxylic acids is 1. The third kappa shape index (κ3) is 3.11. The van der Waals surface area contributed by atoms with Crippen LogP contribution in [0.2, 0.25) is 0 Å². The lowest BCUT2D eigenvalue weighted by Crippen LogP contribution is -2.06. The van der Waals surface area contributed by atoms with Crippen LogP contribution in [0.1, 0.15) is 41.0 Å². The Morgan fingerprint density at radius 3 is 2.65 bits per heavy atom. The zero-order chi connectivity index (χ0) is 16.6. The van der Waals surface area contributed by atoms with Crippen molar-refractivity contribution in [3.8, 4) is 0 Å². The van der Waals surface area contributed by atoms with Gasteiger partial charge in [-0.05, 0) is 55.2 Å². The van der Waals surface area contributed by atoms with Crippen LogP contribution in [-0.4, -0.2) is 16.1 Å². The Morgan fingerprint density at radius 1 is 1.17 bits per heavy atom. The molecule has 1 unspecified atom stereocenters. The van der Waals surface area contributed by atoms with Crippen molar-refractivity contribution in [1.82, 2.24) is 4.98 Å². The molecule has 0 fully saturated rings. The van der Waals surface area contributed by atoms with Crippen LogP contribution in [0.25, 0.3) is 11.1 Å². The lowest BCUT2D eigenvalue weighted by molar-refractivity contribution is -0.138. The lowest BCUT2D eigenvalue weighted by Gasteiger charge is -2.04. The van der Waals surface area contributed by atoms with Gasteiger partial charge in [0.2, 0.25) is 0 Å². The molecule has 0 amide bonds. The van der Waals surface area contributed by atoms with E-state index >= 15 is 0 Å². The number of aryl methyl sites for hydroxylation is 2. The number of nitrogens with zero attached hydrogens (tertiary/aromatic N) is 1. The number of fused-ring (bicyclic) bond motifs is 1. The third-order valence-corrected chi connectivity index (χ3v) is 4.25. The van der Waals surface area contributed by atoms with Crippen LogP contribution in [0.4, 0.5) is 0 Å². The van der Waals surface area contributed by atoms with E-state index in [1.54, 1.807) is 19.1 Å². The van der Waals surface area contributed by atoms with Gasteiger partial charge in [0.05, 0.1) is 5.92 Å². The smallest absolute Gasteiger partial charge is 0.310 e. The SMILES string of the molecule is Cc1ccc(Cc2nc3ccc(C(C)C(=O)O)cc3o2)cc1C. The van der Waals surface area contributed by atoms with Crippen LogP contribution in [0.15, 0.2) is 40.8 Å². The number of aromatic nitrogens is 1. The molecule has 4 heteroatoms. The second kappa shape index (κ2) is 5.88. The zero-order valence-electron chi connectivity index (χ0n) is 13.5. The number of hydrogen-bond donors (Lipinski definition) is 1. The van der Waals surface area contributed by atoms with Crippen molar-refractivity contribution in [3.63, 3.8) is 0 Å². The van der Waals surface area contributed by atoms with Gasteiger partial charge in [-0.25, -0.2) is 4.98 Å². The summed E-state index contributed by atoms with van der Waals surface area (Å²) in [6.07, 6.45) is 0.625. The van der Waals surface area contributed by atoms with Crippen molar-refractivity contribution in [3.05, 3.63) is 64.5 Å². The summed E-state index contributed by atoms with van der Waals surface area (Å²) in [5, 5.41) is 9.11. The Morgan fingerprint density at radius 2 is 1.96 bits per heavy atom. The number of hydrogen-bond acceptors (Lipinski definition) is 3. The molecule has 4 nitrogen and oxygen atoms in total. The van der Waals surface area contributed by atoms with Gasteiger partial charge in [-0.3, -0.25) is 4.79 Å². The Hall–Kier alpha value is -2.62. The number of oxazole rings is 1. The van der Waals surface area contributed by atoms with Crippen molar-refractivity contribution in [1.29, 1.82) is 0 Å². The quantitative estimate of drug-likeness (QED) is 0.783. The molecule has 1 N–H and O–H groups in total. The molecule has 0 bridgehead atoms. The molecule has 2 aromatic carbocycles. The van der Waals surface area contributed by atoms with Crippen LogP contribution < -0.4 is 0 Å². The highest BCUT2D eigenvalue weighted by Crippen LogP contribution is 2.24. The fraction of sp³-hybridized carbons (Fsp3) is 0.263. The monoisotopic (exact) mass is 309 g/mol. The molecular weight excluding hydrogens is 290 g/mol. The van der Waals surface area contributed by atoms with Crippen LogP contribution >= 0.6 is 0 Å². The average Bonchev–Trinajstić information content (AvgIpc) is 2.91. The molecular formula is C19H19NO3. The Balaban J connectivity index is 1.90. The molecule has 0 saturated heterocycles. The van der Waals surface area contributed by atoms with Gasteiger partial charge in [-0.2, -0.15) is 0 Å². The van der Waals surface area contributed by atoms with E-state index in [1.807, 2.05) is 6.07 Å². The summed E-state index contributed by atoms with van der Waals surface area (Å²) in [4.78, 5) is 15.6. The first-order valence-electron chi connectivity index (χ1n) is 7.62. The molecule has 0 aliphatic heterocycles. The standard InChI is InChI=1S/C19H19NO3/c1-11-4-5-14(8-12(11)2)9-18-20-16-7-6-15(10-17(16)23-18)13(3)19(21)22/h4-8,10,13H,9H2,1-3H3,(H,21,22). The van der Waals surface area contributed by atoms with Gasteiger partial charge < -0.3 is 9.52 Å². The maximum absolute atomic E-state index is 11.1. The number of carbonyl (C=O) groups is 1. The zero-order valence-corrected chi connectivity index (χ0v) is 13.5. The highest BCUT2D eigenvalue weighted by Gasteiger charge is 2.15. The van der Waals surface area contributed by atoms with E-state index in [1.165, 1.54) is 11.1 Å². The van der Waals surface area contributed by atoms with Crippen LogP contribution in [0, 0.1) is 13.8 Å². The average molecular weight is 309 g/mol. The maximum atomic E-state index is 11.1. The molecule has 23 heavy (non-hydrogen) atoms. The molecule has 118 valence electrons. The maximum Gasteiger partial charge on any atom is 0.310 e. The predicted octanol–water partition coefficient (Wildman–Crippen LogP) is 4.22. The minimum absolute atomic E-state index is 0.562. The molecule has 0 aliphatic rings. The number of aliphatic carboxylic acids is 1. The third-order valence-electron chi connectivity index (χ3n) is 4.25. The first kappa shape index (κ1) is 15.3. The van der Waals surface area contributed by atoms with E-state index in [9.17, 15) is 4.79 Å². The number of rotatable bonds is 4. The van der Waals surface area contributed by atoms with Crippen molar-refractivity contribution < 1.29 is 14.3 Å². The Bertz CT molecular complexity index is 879. The first-order chi connectivity index (χ1) is 10.9. The fourth-order valence-corrected chi connectivity index (χ4v) is 2.56. The first-order valence-corrected chi connectivity index (χ1v) is 7.62. The summed E-state index contributed by atoms with van der Waals surface area (Å²) in [5.41, 5.74) is 5.77. The highest BCUT2D eigenvalue weighted by molar-refractivity contribution is 5.79. The van der Waals surface area contributed by atoms with Gasteiger partial charge in [-0.1, -0.05) is 24.3 Å². The van der Waals surface area contributed by atoms with Crippen molar-refractivity contribution in [2.75, 3.05) is 0 Å². The summed E-state index contributed by atoms with van der Waals surface area (Å²) in [6.45, 7) is 5.84. The summed E-state index contributed by atoms with van der Waals surface area (Å²) >= 11 is 0. The van der Waals surface area contributed by atoms with E-state index < -0.39 is 11.9 Å². The van der Waals surface area contributed by atoms with E-state index in [2.05, 4.69) is 37.0 Å². The minimum atomic E-state index is -0.848. The van der Waals surface area contributed by atoms with Gasteiger partial charge in [0.25, 0.3) is 0 Å². The summed E-state index contributed by atoms with van der Waals surface area (Å²) in [7, 11) is 0. The van der Waals surface area contributed by atoms with Gasteiger partial charge in [0, 0.05) is 6.42 Å². The molecule has 3 aromatic rings. The highest BCUT2D eigenvalue weighted by atomic mass is 16.4. The normalized spacial score (nSPS) is 12.5. The largest absolute Gasteiger partial charge is 0.481 e. The molecule has 0 saturated carbocycles. The predicted molar refractivity (Wildman–Crippen MR) is 88.8 cm³/mol. The summed E-state index contributed by atoms with van der Waals surface area (Å²) in [6, 6.07) is 11.7. The van der Waals surface area contributed by atoms with Gasteiger partial charge in [0.1, 0.15) is 5.52 Å². The Labute approximate surface area is 134 Å². The second-order valence-corrected chi connectivity index (χ2v) is 5.99. The molecule has 0 aliphatic carbocycles. The second-order valence-electron chi connectivity index (χ2n) is 5.99. The van der Waals surface area contributed by atoms with E-state index in [-0.39, 0.29) is 0 Å².